The van der Waals surface area contributed by atoms with Crippen molar-refractivity contribution in [3.05, 3.63) is 109 Å². The molecule has 0 spiro atoms. The van der Waals surface area contributed by atoms with Gasteiger partial charge in [-0.1, -0.05) is 61.7 Å². The van der Waals surface area contributed by atoms with Crippen LogP contribution in [0.4, 0.5) is 0 Å². The van der Waals surface area contributed by atoms with Gasteiger partial charge in [-0.2, -0.15) is 0 Å². The standard InChI is InChI=1S/C30H28O6/c1-4-28(31)34-20-19-23-7-14-26(15-8-23)35-29(32)18-9-22-5-10-24(11-6-22)25-12-16-27(17-13-25)36-30(33)21(2)3/h4-8,10-17H,1-2,9,18-20H2,3H3. The van der Waals surface area contributed by atoms with Crippen LogP contribution < -0.4 is 9.47 Å². The number of carbonyl (C=O) groups is 3. The van der Waals surface area contributed by atoms with Gasteiger partial charge in [-0.15, -0.1) is 0 Å². The second-order valence-electron chi connectivity index (χ2n) is 8.13. The molecule has 6 nitrogen and oxygen atoms in total. The van der Waals surface area contributed by atoms with Crippen LogP contribution in [-0.2, 0) is 32.0 Å². The van der Waals surface area contributed by atoms with Crippen molar-refractivity contribution in [2.75, 3.05) is 6.61 Å². The average molecular weight is 485 g/mol. The molecule has 36 heavy (non-hydrogen) atoms. The molecule has 0 amide bonds. The van der Waals surface area contributed by atoms with E-state index in [9.17, 15) is 14.4 Å². The molecule has 0 unspecified atom stereocenters. The Kier molecular flexibility index (Phi) is 9.34. The molecule has 3 aromatic carbocycles. The molecule has 0 heterocycles. The first-order valence-corrected chi connectivity index (χ1v) is 11.5. The zero-order valence-electron chi connectivity index (χ0n) is 20.2. The summed E-state index contributed by atoms with van der Waals surface area (Å²) in [6.07, 6.45) is 2.50. The summed E-state index contributed by atoms with van der Waals surface area (Å²) in [5, 5.41) is 0. The van der Waals surface area contributed by atoms with Crippen LogP contribution in [0.5, 0.6) is 11.5 Å². The minimum atomic E-state index is -0.452. The van der Waals surface area contributed by atoms with Gasteiger partial charge in [0.1, 0.15) is 11.5 Å². The molecule has 0 saturated carbocycles. The maximum absolute atomic E-state index is 12.3. The number of hydrogen-bond acceptors (Lipinski definition) is 6. The van der Waals surface area contributed by atoms with E-state index >= 15 is 0 Å². The summed E-state index contributed by atoms with van der Waals surface area (Å²) < 4.78 is 15.6. The zero-order valence-corrected chi connectivity index (χ0v) is 20.2. The highest BCUT2D eigenvalue weighted by Gasteiger charge is 2.08. The highest BCUT2D eigenvalue weighted by Crippen LogP contribution is 2.24. The van der Waals surface area contributed by atoms with Gasteiger partial charge < -0.3 is 14.2 Å². The molecule has 3 rings (SSSR count). The number of carbonyl (C=O) groups excluding carboxylic acids is 3. The highest BCUT2D eigenvalue weighted by atomic mass is 16.5. The summed E-state index contributed by atoms with van der Waals surface area (Å²) in [4.78, 5) is 34.9. The fourth-order valence-electron chi connectivity index (χ4n) is 3.25. The number of benzene rings is 3. The summed E-state index contributed by atoms with van der Waals surface area (Å²) in [5.74, 6) is -0.282. The molecule has 6 heteroatoms. The van der Waals surface area contributed by atoms with E-state index in [1.165, 1.54) is 0 Å². The Bertz CT molecular complexity index is 1220. The molecule has 0 saturated heterocycles. The molecular weight excluding hydrogens is 456 g/mol. The van der Waals surface area contributed by atoms with Crippen LogP contribution in [0.1, 0.15) is 24.5 Å². The summed E-state index contributed by atoms with van der Waals surface area (Å²) in [5.41, 5.74) is 4.33. The van der Waals surface area contributed by atoms with Gasteiger partial charge in [-0.3, -0.25) is 4.79 Å². The Labute approximate surface area is 210 Å². The van der Waals surface area contributed by atoms with Crippen LogP contribution in [-0.4, -0.2) is 24.5 Å². The Hall–Kier alpha value is -4.45. The van der Waals surface area contributed by atoms with Crippen molar-refractivity contribution < 1.29 is 28.6 Å². The topological polar surface area (TPSA) is 78.9 Å². The predicted octanol–water partition coefficient (Wildman–Crippen LogP) is 5.65. The van der Waals surface area contributed by atoms with Crippen molar-refractivity contribution in [2.24, 2.45) is 0 Å². The third-order valence-corrected chi connectivity index (χ3v) is 5.28. The third kappa shape index (κ3) is 8.09. The Balaban J connectivity index is 1.45. The average Bonchev–Trinajstić information content (AvgIpc) is 2.89. The van der Waals surface area contributed by atoms with E-state index in [1.807, 2.05) is 48.5 Å². The first-order chi connectivity index (χ1) is 17.3. The van der Waals surface area contributed by atoms with Crippen LogP contribution in [0.25, 0.3) is 11.1 Å². The zero-order chi connectivity index (χ0) is 25.9. The molecule has 0 aliphatic heterocycles. The van der Waals surface area contributed by atoms with E-state index in [4.69, 9.17) is 14.2 Å². The lowest BCUT2D eigenvalue weighted by Gasteiger charge is -2.08. The number of ether oxygens (including phenoxy) is 3. The van der Waals surface area contributed by atoms with Gasteiger partial charge in [0.05, 0.1) is 6.61 Å². The Morgan fingerprint density at radius 3 is 1.83 bits per heavy atom. The highest BCUT2D eigenvalue weighted by molar-refractivity contribution is 5.88. The Morgan fingerprint density at radius 2 is 1.25 bits per heavy atom. The van der Waals surface area contributed by atoms with E-state index < -0.39 is 11.9 Å². The lowest BCUT2D eigenvalue weighted by Crippen LogP contribution is -2.09. The maximum Gasteiger partial charge on any atom is 0.338 e. The molecule has 0 N–H and O–H groups in total. The van der Waals surface area contributed by atoms with Gasteiger partial charge in [-0.25, -0.2) is 9.59 Å². The summed E-state index contributed by atoms with van der Waals surface area (Å²) in [7, 11) is 0. The summed E-state index contributed by atoms with van der Waals surface area (Å²) >= 11 is 0. The Morgan fingerprint density at radius 1 is 0.750 bits per heavy atom. The minimum absolute atomic E-state index is 0.251. The van der Waals surface area contributed by atoms with E-state index in [2.05, 4.69) is 13.2 Å². The molecule has 0 aliphatic rings. The van der Waals surface area contributed by atoms with Gasteiger partial charge in [0, 0.05) is 24.5 Å². The molecule has 184 valence electrons. The lowest BCUT2D eigenvalue weighted by atomic mass is 10.0. The second kappa shape index (κ2) is 12.9. The summed E-state index contributed by atoms with van der Waals surface area (Å²) in [6.45, 7) is 8.79. The van der Waals surface area contributed by atoms with E-state index in [0.717, 1.165) is 28.3 Å². The van der Waals surface area contributed by atoms with Crippen molar-refractivity contribution >= 4 is 17.9 Å². The maximum atomic E-state index is 12.3. The van der Waals surface area contributed by atoms with Crippen LogP contribution >= 0.6 is 0 Å². The van der Waals surface area contributed by atoms with E-state index in [-0.39, 0.29) is 19.0 Å². The lowest BCUT2D eigenvalue weighted by molar-refractivity contribution is -0.137. The first-order valence-electron chi connectivity index (χ1n) is 11.5. The van der Waals surface area contributed by atoms with Crippen LogP contribution in [0.2, 0.25) is 0 Å². The van der Waals surface area contributed by atoms with Crippen molar-refractivity contribution in [2.45, 2.75) is 26.2 Å². The van der Waals surface area contributed by atoms with Crippen molar-refractivity contribution in [1.29, 1.82) is 0 Å². The smallest absolute Gasteiger partial charge is 0.338 e. The largest absolute Gasteiger partial charge is 0.462 e. The normalized spacial score (nSPS) is 10.2. The van der Waals surface area contributed by atoms with E-state index in [0.29, 0.717) is 29.9 Å². The summed E-state index contributed by atoms with van der Waals surface area (Å²) in [6, 6.07) is 22.3. The van der Waals surface area contributed by atoms with Gasteiger partial charge >= 0.3 is 17.9 Å². The van der Waals surface area contributed by atoms with Gasteiger partial charge in [0.2, 0.25) is 0 Å². The number of hydrogen-bond donors (Lipinski definition) is 0. The number of rotatable bonds is 11. The van der Waals surface area contributed by atoms with E-state index in [1.54, 1.807) is 31.2 Å². The third-order valence-electron chi connectivity index (χ3n) is 5.28. The van der Waals surface area contributed by atoms with Crippen molar-refractivity contribution in [1.82, 2.24) is 0 Å². The first kappa shape index (κ1) is 26.2. The second-order valence-corrected chi connectivity index (χ2v) is 8.13. The predicted molar refractivity (Wildman–Crippen MR) is 138 cm³/mol. The molecule has 0 aromatic heterocycles. The molecule has 0 atom stereocenters. The molecule has 0 aliphatic carbocycles. The van der Waals surface area contributed by atoms with Gasteiger partial charge in [-0.05, 0) is 59.9 Å². The fourth-order valence-corrected chi connectivity index (χ4v) is 3.25. The van der Waals surface area contributed by atoms with Gasteiger partial charge in [0.15, 0.2) is 0 Å². The molecule has 3 aromatic rings. The van der Waals surface area contributed by atoms with Gasteiger partial charge in [0.25, 0.3) is 0 Å². The van der Waals surface area contributed by atoms with Crippen LogP contribution in [0.3, 0.4) is 0 Å². The minimum Gasteiger partial charge on any atom is -0.462 e. The molecule has 0 radical (unpaired) electrons. The van der Waals surface area contributed by atoms with Crippen LogP contribution in [0, 0.1) is 0 Å². The van der Waals surface area contributed by atoms with Crippen molar-refractivity contribution in [3.8, 4) is 22.6 Å². The number of esters is 3. The molecular formula is C30H28O6. The quantitative estimate of drug-likeness (QED) is 0.199. The van der Waals surface area contributed by atoms with Crippen LogP contribution in [0.15, 0.2) is 97.6 Å². The number of aryl methyl sites for hydroxylation is 1. The van der Waals surface area contributed by atoms with Crippen molar-refractivity contribution in [3.63, 3.8) is 0 Å². The fraction of sp³-hybridized carbons (Fsp3) is 0.167. The monoisotopic (exact) mass is 484 g/mol. The SMILES string of the molecule is C=CC(=O)OCCc1ccc(OC(=O)CCc2ccc(-c3ccc(OC(=O)C(=C)C)cc3)cc2)cc1. The molecule has 0 fully saturated rings. The molecule has 0 bridgehead atoms.